The number of methoxy groups -OCH3 is 1. The van der Waals surface area contributed by atoms with Gasteiger partial charge >= 0.3 is 5.97 Å². The SMILES string of the molecule is COC1CCC(C(=O)OCC(C)C)=C1N. The molecular formula is C11H19NO3. The summed E-state index contributed by atoms with van der Waals surface area (Å²) in [5, 5.41) is 0. The zero-order chi connectivity index (χ0) is 11.4. The van der Waals surface area contributed by atoms with Gasteiger partial charge in [0.1, 0.15) is 0 Å². The zero-order valence-corrected chi connectivity index (χ0v) is 9.58. The average Bonchev–Trinajstić information content (AvgIpc) is 2.56. The minimum absolute atomic E-state index is 0.119. The van der Waals surface area contributed by atoms with Gasteiger partial charge < -0.3 is 15.2 Å². The van der Waals surface area contributed by atoms with Crippen molar-refractivity contribution >= 4 is 5.97 Å². The Morgan fingerprint density at radius 1 is 1.60 bits per heavy atom. The van der Waals surface area contributed by atoms with Crippen molar-refractivity contribution < 1.29 is 14.3 Å². The topological polar surface area (TPSA) is 61.5 Å². The second kappa shape index (κ2) is 5.16. The van der Waals surface area contributed by atoms with E-state index < -0.39 is 0 Å². The van der Waals surface area contributed by atoms with Crippen molar-refractivity contribution in [1.82, 2.24) is 0 Å². The summed E-state index contributed by atoms with van der Waals surface area (Å²) in [7, 11) is 1.60. The minimum Gasteiger partial charge on any atom is -0.462 e. The van der Waals surface area contributed by atoms with Gasteiger partial charge in [0.25, 0.3) is 0 Å². The highest BCUT2D eigenvalue weighted by Gasteiger charge is 2.28. The summed E-state index contributed by atoms with van der Waals surface area (Å²) in [5.41, 5.74) is 6.91. The van der Waals surface area contributed by atoms with E-state index in [-0.39, 0.29) is 12.1 Å². The lowest BCUT2D eigenvalue weighted by Crippen LogP contribution is -2.19. The van der Waals surface area contributed by atoms with Crippen molar-refractivity contribution in [3.8, 4) is 0 Å². The van der Waals surface area contributed by atoms with Gasteiger partial charge in [-0.15, -0.1) is 0 Å². The number of hydrogen-bond donors (Lipinski definition) is 1. The molecule has 4 nitrogen and oxygen atoms in total. The molecule has 0 heterocycles. The van der Waals surface area contributed by atoms with E-state index in [1.54, 1.807) is 7.11 Å². The zero-order valence-electron chi connectivity index (χ0n) is 9.58. The molecule has 0 radical (unpaired) electrons. The van der Waals surface area contributed by atoms with Gasteiger partial charge in [0.2, 0.25) is 0 Å². The maximum absolute atomic E-state index is 11.6. The highest BCUT2D eigenvalue weighted by atomic mass is 16.5. The molecule has 86 valence electrons. The third-order valence-corrected chi connectivity index (χ3v) is 2.43. The summed E-state index contributed by atoms with van der Waals surface area (Å²) in [6, 6.07) is 0. The Bertz CT molecular complexity index is 271. The lowest BCUT2D eigenvalue weighted by Gasteiger charge is -2.09. The monoisotopic (exact) mass is 213 g/mol. The molecule has 0 aromatic carbocycles. The predicted octanol–water partition coefficient (Wildman–Crippen LogP) is 1.21. The largest absolute Gasteiger partial charge is 0.462 e. The van der Waals surface area contributed by atoms with Gasteiger partial charge in [-0.3, -0.25) is 0 Å². The lowest BCUT2D eigenvalue weighted by atomic mass is 10.2. The van der Waals surface area contributed by atoms with Crippen LogP contribution < -0.4 is 5.73 Å². The van der Waals surface area contributed by atoms with E-state index >= 15 is 0 Å². The summed E-state index contributed by atoms with van der Waals surface area (Å²) in [6.45, 7) is 4.43. The molecule has 15 heavy (non-hydrogen) atoms. The molecule has 0 amide bonds. The molecule has 0 spiro atoms. The van der Waals surface area contributed by atoms with Crippen LogP contribution >= 0.6 is 0 Å². The second-order valence-corrected chi connectivity index (χ2v) is 4.19. The molecule has 0 aromatic rings. The molecule has 1 unspecified atom stereocenters. The molecular weight excluding hydrogens is 194 g/mol. The molecule has 4 heteroatoms. The second-order valence-electron chi connectivity index (χ2n) is 4.19. The average molecular weight is 213 g/mol. The van der Waals surface area contributed by atoms with Crippen molar-refractivity contribution in [2.24, 2.45) is 11.7 Å². The Labute approximate surface area is 90.4 Å². The number of ether oxygens (including phenoxy) is 2. The summed E-state index contributed by atoms with van der Waals surface area (Å²) < 4.78 is 10.3. The molecule has 0 bridgehead atoms. The maximum Gasteiger partial charge on any atom is 0.335 e. The van der Waals surface area contributed by atoms with Crippen LogP contribution in [-0.4, -0.2) is 25.8 Å². The first-order chi connectivity index (χ1) is 7.06. The van der Waals surface area contributed by atoms with Crippen molar-refractivity contribution in [3.05, 3.63) is 11.3 Å². The molecule has 0 aromatic heterocycles. The summed E-state index contributed by atoms with van der Waals surface area (Å²) in [4.78, 5) is 11.6. The number of nitrogens with two attached hydrogens (primary N) is 1. The van der Waals surface area contributed by atoms with Crippen molar-refractivity contribution in [2.45, 2.75) is 32.8 Å². The highest BCUT2D eigenvalue weighted by molar-refractivity contribution is 5.90. The van der Waals surface area contributed by atoms with Crippen LogP contribution in [-0.2, 0) is 14.3 Å². The first kappa shape index (κ1) is 12.0. The summed E-state index contributed by atoms with van der Waals surface area (Å²) in [5.74, 6) is 0.0520. The Morgan fingerprint density at radius 2 is 2.27 bits per heavy atom. The van der Waals surface area contributed by atoms with Gasteiger partial charge in [0.15, 0.2) is 0 Å². The standard InChI is InChI=1S/C11H19NO3/c1-7(2)6-15-11(13)8-4-5-9(14-3)10(8)12/h7,9H,4-6,12H2,1-3H3. The van der Waals surface area contributed by atoms with Crippen LogP contribution in [0.3, 0.4) is 0 Å². The van der Waals surface area contributed by atoms with Crippen LogP contribution in [0.25, 0.3) is 0 Å². The van der Waals surface area contributed by atoms with E-state index in [0.29, 0.717) is 30.2 Å². The van der Waals surface area contributed by atoms with Crippen molar-refractivity contribution in [1.29, 1.82) is 0 Å². The molecule has 0 fully saturated rings. The number of carbonyl (C=O) groups excluding carboxylic acids is 1. The molecule has 0 saturated carbocycles. The minimum atomic E-state index is -0.291. The van der Waals surface area contributed by atoms with Gasteiger partial charge in [-0.1, -0.05) is 13.8 Å². The number of esters is 1. The number of carbonyl (C=O) groups is 1. The molecule has 0 saturated heterocycles. The van der Waals surface area contributed by atoms with Gasteiger partial charge in [0, 0.05) is 12.8 Å². The smallest absolute Gasteiger partial charge is 0.335 e. The van der Waals surface area contributed by atoms with Gasteiger partial charge in [0.05, 0.1) is 18.3 Å². The third kappa shape index (κ3) is 2.96. The maximum atomic E-state index is 11.6. The number of hydrogen-bond acceptors (Lipinski definition) is 4. The Hall–Kier alpha value is -1.03. The fourth-order valence-corrected chi connectivity index (χ4v) is 1.56. The normalized spacial score (nSPS) is 21.2. The van der Waals surface area contributed by atoms with Crippen LogP contribution in [0.15, 0.2) is 11.3 Å². The van der Waals surface area contributed by atoms with Crippen LogP contribution in [0.5, 0.6) is 0 Å². The van der Waals surface area contributed by atoms with E-state index in [1.165, 1.54) is 0 Å². The molecule has 1 atom stereocenters. The Morgan fingerprint density at radius 3 is 2.73 bits per heavy atom. The van der Waals surface area contributed by atoms with E-state index in [9.17, 15) is 4.79 Å². The van der Waals surface area contributed by atoms with Crippen LogP contribution in [0.1, 0.15) is 26.7 Å². The highest BCUT2D eigenvalue weighted by Crippen LogP contribution is 2.26. The Balaban J connectivity index is 2.56. The number of rotatable bonds is 4. The van der Waals surface area contributed by atoms with Gasteiger partial charge in [-0.2, -0.15) is 0 Å². The Kier molecular flexibility index (Phi) is 4.15. The predicted molar refractivity (Wildman–Crippen MR) is 57.0 cm³/mol. The fourth-order valence-electron chi connectivity index (χ4n) is 1.56. The van der Waals surface area contributed by atoms with Crippen LogP contribution in [0.4, 0.5) is 0 Å². The van der Waals surface area contributed by atoms with E-state index in [1.807, 2.05) is 13.8 Å². The third-order valence-electron chi connectivity index (χ3n) is 2.43. The first-order valence-corrected chi connectivity index (χ1v) is 5.24. The van der Waals surface area contributed by atoms with Crippen LogP contribution in [0, 0.1) is 5.92 Å². The van der Waals surface area contributed by atoms with Crippen LogP contribution in [0.2, 0.25) is 0 Å². The molecule has 1 rings (SSSR count). The van der Waals surface area contributed by atoms with E-state index in [4.69, 9.17) is 15.2 Å². The van der Waals surface area contributed by atoms with Gasteiger partial charge in [-0.05, 0) is 18.8 Å². The fraction of sp³-hybridized carbons (Fsp3) is 0.727. The van der Waals surface area contributed by atoms with Crippen molar-refractivity contribution in [2.75, 3.05) is 13.7 Å². The first-order valence-electron chi connectivity index (χ1n) is 5.24. The molecule has 0 aliphatic heterocycles. The quantitative estimate of drug-likeness (QED) is 0.713. The molecule has 1 aliphatic carbocycles. The lowest BCUT2D eigenvalue weighted by molar-refractivity contribution is -0.140. The summed E-state index contributed by atoms with van der Waals surface area (Å²) in [6.07, 6.45) is 1.31. The van der Waals surface area contributed by atoms with Crippen molar-refractivity contribution in [3.63, 3.8) is 0 Å². The molecule has 1 aliphatic rings. The van der Waals surface area contributed by atoms with E-state index in [0.717, 1.165) is 6.42 Å². The van der Waals surface area contributed by atoms with Gasteiger partial charge in [-0.25, -0.2) is 4.79 Å². The molecule has 2 N–H and O–H groups in total. The van der Waals surface area contributed by atoms with E-state index in [2.05, 4.69) is 0 Å². The summed E-state index contributed by atoms with van der Waals surface area (Å²) >= 11 is 0.